The number of hydrogen-bond donors (Lipinski definition) is 0. The van der Waals surface area contributed by atoms with Gasteiger partial charge in [-0.2, -0.15) is 4.98 Å². The van der Waals surface area contributed by atoms with Crippen molar-refractivity contribution in [3.8, 4) is 0 Å². The minimum Gasteiger partial charge on any atom is -0.293 e. The van der Waals surface area contributed by atoms with Crippen LogP contribution in [0.5, 0.6) is 0 Å². The van der Waals surface area contributed by atoms with Crippen LogP contribution in [0.2, 0.25) is 0 Å². The summed E-state index contributed by atoms with van der Waals surface area (Å²) < 4.78 is 1.80. The van der Waals surface area contributed by atoms with Crippen molar-refractivity contribution in [1.29, 1.82) is 0 Å². The number of rotatable bonds is 3. The van der Waals surface area contributed by atoms with Gasteiger partial charge in [-0.25, -0.2) is 9.50 Å². The molecule has 0 saturated heterocycles. The maximum absolute atomic E-state index is 4.71. The van der Waals surface area contributed by atoms with E-state index in [4.69, 9.17) is 4.98 Å². The Labute approximate surface area is 133 Å². The van der Waals surface area contributed by atoms with Gasteiger partial charge in [-0.1, -0.05) is 42.1 Å². The summed E-state index contributed by atoms with van der Waals surface area (Å²) in [5, 5.41) is 5.19. The van der Waals surface area contributed by atoms with Crippen LogP contribution in [0.4, 0.5) is 0 Å². The van der Waals surface area contributed by atoms with Gasteiger partial charge in [-0.05, 0) is 23.8 Å². The number of thioether (sulfide) groups is 1. The highest BCUT2D eigenvalue weighted by molar-refractivity contribution is 7.98. The molecule has 1 aliphatic rings. The highest BCUT2D eigenvalue weighted by Crippen LogP contribution is 2.20. The quantitative estimate of drug-likeness (QED) is 0.695. The summed E-state index contributed by atoms with van der Waals surface area (Å²) in [5.41, 5.74) is 3.77. The lowest BCUT2D eigenvalue weighted by Crippen LogP contribution is -2.31. The number of fused-ring (bicyclic) bond motifs is 2. The van der Waals surface area contributed by atoms with Crippen molar-refractivity contribution in [2.24, 2.45) is 0 Å². The Morgan fingerprint density at radius 1 is 1.18 bits per heavy atom. The van der Waals surface area contributed by atoms with Gasteiger partial charge in [0.25, 0.3) is 5.78 Å². The molecule has 0 N–H and O–H groups in total. The minimum absolute atomic E-state index is 0.699. The first kappa shape index (κ1) is 13.7. The molecule has 3 heterocycles. The Balaban J connectivity index is 1.59. The van der Waals surface area contributed by atoms with Gasteiger partial charge in [0.05, 0.1) is 5.69 Å². The third-order valence-electron chi connectivity index (χ3n) is 3.98. The van der Waals surface area contributed by atoms with E-state index in [-0.39, 0.29) is 0 Å². The molecule has 112 valence electrons. The van der Waals surface area contributed by atoms with Crippen molar-refractivity contribution in [1.82, 2.24) is 24.5 Å². The molecule has 0 aliphatic carbocycles. The highest BCUT2D eigenvalue weighted by atomic mass is 32.2. The molecule has 6 heteroatoms. The first-order valence-electron chi connectivity index (χ1n) is 7.37. The van der Waals surface area contributed by atoms with Gasteiger partial charge in [-0.15, -0.1) is 5.10 Å². The number of benzene rings is 1. The van der Waals surface area contributed by atoms with Crippen LogP contribution >= 0.6 is 11.8 Å². The standard InChI is InChI=1S/C16H17N5S/c1-22-16-18-15-17-14-11-20(9-12-5-3-2-4-6-12)8-7-13(14)10-21(15)19-16/h2-6,10H,7-9,11H2,1H3. The third-order valence-corrected chi connectivity index (χ3v) is 4.52. The zero-order chi connectivity index (χ0) is 14.9. The molecule has 4 rings (SSSR count). The fourth-order valence-corrected chi connectivity index (χ4v) is 3.19. The largest absolute Gasteiger partial charge is 0.293 e. The monoisotopic (exact) mass is 311 g/mol. The Morgan fingerprint density at radius 2 is 2.05 bits per heavy atom. The molecule has 0 radical (unpaired) electrons. The van der Waals surface area contributed by atoms with E-state index in [2.05, 4.69) is 51.5 Å². The fourth-order valence-electron chi connectivity index (χ4n) is 2.85. The molecule has 0 saturated carbocycles. The summed E-state index contributed by atoms with van der Waals surface area (Å²) in [6, 6.07) is 10.6. The van der Waals surface area contributed by atoms with Gasteiger partial charge in [0, 0.05) is 25.8 Å². The van der Waals surface area contributed by atoms with Crippen LogP contribution in [0.15, 0.2) is 41.7 Å². The van der Waals surface area contributed by atoms with E-state index in [0.717, 1.165) is 36.9 Å². The Hall–Kier alpha value is -1.92. The first-order valence-corrected chi connectivity index (χ1v) is 8.60. The smallest absolute Gasteiger partial charge is 0.253 e. The lowest BCUT2D eigenvalue weighted by atomic mass is 10.1. The average molecular weight is 311 g/mol. The summed E-state index contributed by atoms with van der Waals surface area (Å²) in [6.07, 6.45) is 5.08. The summed E-state index contributed by atoms with van der Waals surface area (Å²) in [4.78, 5) is 11.6. The minimum atomic E-state index is 0.699. The predicted octanol–water partition coefficient (Wildman–Crippen LogP) is 2.40. The van der Waals surface area contributed by atoms with E-state index in [9.17, 15) is 0 Å². The molecular formula is C16H17N5S. The van der Waals surface area contributed by atoms with Gasteiger partial charge < -0.3 is 0 Å². The maximum atomic E-state index is 4.71. The second kappa shape index (κ2) is 5.70. The van der Waals surface area contributed by atoms with Gasteiger partial charge >= 0.3 is 0 Å². The third kappa shape index (κ3) is 2.60. The molecule has 2 aromatic heterocycles. The fraction of sp³-hybridized carbons (Fsp3) is 0.312. The Bertz CT molecular complexity index is 799. The van der Waals surface area contributed by atoms with Crippen LogP contribution in [0.3, 0.4) is 0 Å². The molecule has 1 aliphatic heterocycles. The Kier molecular flexibility index (Phi) is 3.56. The van der Waals surface area contributed by atoms with E-state index < -0.39 is 0 Å². The summed E-state index contributed by atoms with van der Waals surface area (Å²) in [5.74, 6) is 0.699. The van der Waals surface area contributed by atoms with Crippen molar-refractivity contribution in [3.63, 3.8) is 0 Å². The van der Waals surface area contributed by atoms with E-state index >= 15 is 0 Å². The summed E-state index contributed by atoms with van der Waals surface area (Å²) in [6.45, 7) is 2.90. The molecule has 1 aromatic carbocycles. The van der Waals surface area contributed by atoms with E-state index in [1.54, 1.807) is 16.3 Å². The molecule has 0 fully saturated rings. The molecule has 5 nitrogen and oxygen atoms in total. The van der Waals surface area contributed by atoms with E-state index in [0.29, 0.717) is 5.78 Å². The second-order valence-electron chi connectivity index (χ2n) is 5.50. The molecule has 0 amide bonds. The maximum Gasteiger partial charge on any atom is 0.253 e. The molecule has 0 atom stereocenters. The van der Waals surface area contributed by atoms with Gasteiger partial charge in [0.1, 0.15) is 0 Å². The highest BCUT2D eigenvalue weighted by Gasteiger charge is 2.19. The van der Waals surface area contributed by atoms with Crippen LogP contribution < -0.4 is 0 Å². The number of hydrogen-bond acceptors (Lipinski definition) is 5. The topological polar surface area (TPSA) is 46.3 Å². The predicted molar refractivity (Wildman–Crippen MR) is 86.8 cm³/mol. The lowest BCUT2D eigenvalue weighted by molar-refractivity contribution is 0.241. The Morgan fingerprint density at radius 3 is 2.86 bits per heavy atom. The van der Waals surface area contributed by atoms with Crippen LogP contribution in [-0.2, 0) is 19.5 Å². The van der Waals surface area contributed by atoms with Gasteiger partial charge in [0.2, 0.25) is 5.16 Å². The van der Waals surface area contributed by atoms with Crippen molar-refractivity contribution in [2.75, 3.05) is 12.8 Å². The zero-order valence-electron chi connectivity index (χ0n) is 12.4. The number of aromatic nitrogens is 4. The normalized spacial score (nSPS) is 15.1. The summed E-state index contributed by atoms with van der Waals surface area (Å²) >= 11 is 1.55. The van der Waals surface area contributed by atoms with Crippen LogP contribution in [0.1, 0.15) is 16.8 Å². The lowest BCUT2D eigenvalue weighted by Gasteiger charge is -2.27. The van der Waals surface area contributed by atoms with E-state index in [1.165, 1.54) is 11.1 Å². The van der Waals surface area contributed by atoms with Gasteiger partial charge in [0.15, 0.2) is 0 Å². The second-order valence-corrected chi connectivity index (χ2v) is 6.28. The van der Waals surface area contributed by atoms with E-state index in [1.807, 2.05) is 6.26 Å². The van der Waals surface area contributed by atoms with Crippen molar-refractivity contribution in [2.45, 2.75) is 24.7 Å². The molecule has 0 spiro atoms. The molecule has 0 bridgehead atoms. The van der Waals surface area contributed by atoms with Crippen LogP contribution in [-0.4, -0.2) is 37.3 Å². The van der Waals surface area contributed by atoms with Gasteiger partial charge in [-0.3, -0.25) is 4.90 Å². The molecular weight excluding hydrogens is 294 g/mol. The molecule has 0 unspecified atom stereocenters. The van der Waals surface area contributed by atoms with Crippen molar-refractivity contribution < 1.29 is 0 Å². The van der Waals surface area contributed by atoms with Crippen LogP contribution in [0.25, 0.3) is 5.78 Å². The first-order chi connectivity index (χ1) is 10.8. The van der Waals surface area contributed by atoms with Crippen LogP contribution in [0, 0.1) is 0 Å². The molecule has 22 heavy (non-hydrogen) atoms. The number of nitrogens with zero attached hydrogens (tertiary/aromatic N) is 5. The average Bonchev–Trinajstić information content (AvgIpc) is 2.95. The van der Waals surface area contributed by atoms with Crippen molar-refractivity contribution >= 4 is 17.5 Å². The summed E-state index contributed by atoms with van der Waals surface area (Å²) in [7, 11) is 0. The molecule has 3 aromatic rings. The zero-order valence-corrected chi connectivity index (χ0v) is 13.3. The SMILES string of the molecule is CSc1nc2nc3c(cn2n1)CCN(Cc1ccccc1)C3. The van der Waals surface area contributed by atoms with Crippen molar-refractivity contribution in [3.05, 3.63) is 53.3 Å².